The normalized spacial score (nSPS) is 14.5. The Morgan fingerprint density at radius 1 is 1.19 bits per heavy atom. The van der Waals surface area contributed by atoms with Crippen molar-refractivity contribution in [1.29, 1.82) is 0 Å². The van der Waals surface area contributed by atoms with Crippen LogP contribution in [0.2, 0.25) is 0 Å². The first kappa shape index (κ1) is 20.7. The van der Waals surface area contributed by atoms with Crippen molar-refractivity contribution in [2.45, 2.75) is 45.7 Å². The highest BCUT2D eigenvalue weighted by Crippen LogP contribution is 2.28. The second kappa shape index (κ2) is 9.08. The Kier molecular flexibility index (Phi) is 6.07. The predicted octanol–water partition coefficient (Wildman–Crippen LogP) is 0.737. The summed E-state index contributed by atoms with van der Waals surface area (Å²) in [7, 11) is 0. The van der Waals surface area contributed by atoms with Crippen LogP contribution in [0.4, 0.5) is 5.69 Å². The van der Waals surface area contributed by atoms with Gasteiger partial charge in [0.2, 0.25) is 5.91 Å². The number of ether oxygens (including phenoxy) is 1. The lowest BCUT2D eigenvalue weighted by Gasteiger charge is -2.25. The van der Waals surface area contributed by atoms with Crippen LogP contribution in [0.5, 0.6) is 0 Å². The van der Waals surface area contributed by atoms with Gasteiger partial charge in [-0.1, -0.05) is 10.3 Å². The molecule has 4 heterocycles. The molecule has 1 aliphatic rings. The molecule has 0 aliphatic carbocycles. The number of nitrogens with zero attached hydrogens (tertiary/aromatic N) is 5. The van der Waals surface area contributed by atoms with Crippen LogP contribution >= 0.6 is 0 Å². The molecule has 0 bridgehead atoms. The molecule has 1 aliphatic heterocycles. The van der Waals surface area contributed by atoms with E-state index in [1.54, 1.807) is 17.8 Å². The van der Waals surface area contributed by atoms with E-state index in [1.807, 2.05) is 6.92 Å². The van der Waals surface area contributed by atoms with Gasteiger partial charge in [0.05, 0.1) is 29.3 Å². The number of fused-ring (bicyclic) bond motifs is 1. The summed E-state index contributed by atoms with van der Waals surface area (Å²) in [4.78, 5) is 29.5. The van der Waals surface area contributed by atoms with Gasteiger partial charge < -0.3 is 10.1 Å². The maximum Gasteiger partial charge on any atom is 0.273 e. The lowest BCUT2D eigenvalue weighted by atomic mass is 10.1. The molecule has 164 valence electrons. The minimum absolute atomic E-state index is 0.0661. The van der Waals surface area contributed by atoms with Crippen LogP contribution < -0.4 is 16.2 Å². The summed E-state index contributed by atoms with van der Waals surface area (Å²) in [5, 5.41) is 15.9. The van der Waals surface area contributed by atoms with E-state index in [-0.39, 0.29) is 12.5 Å². The fourth-order valence-electron chi connectivity index (χ4n) is 3.43. The van der Waals surface area contributed by atoms with Crippen molar-refractivity contribution >= 4 is 28.5 Å². The van der Waals surface area contributed by atoms with E-state index in [0.29, 0.717) is 48.0 Å². The Morgan fingerprint density at radius 2 is 2.00 bits per heavy atom. The molecule has 0 unspecified atom stereocenters. The molecule has 0 spiro atoms. The molecule has 2 amide bonds. The maximum atomic E-state index is 12.9. The summed E-state index contributed by atoms with van der Waals surface area (Å²) in [6.45, 7) is 5.64. The van der Waals surface area contributed by atoms with Gasteiger partial charge in [0.25, 0.3) is 5.91 Å². The Labute approximate surface area is 177 Å². The predicted molar refractivity (Wildman–Crippen MR) is 109 cm³/mol. The summed E-state index contributed by atoms with van der Waals surface area (Å²) >= 11 is 0. The lowest BCUT2D eigenvalue weighted by Crippen LogP contribution is -2.43. The summed E-state index contributed by atoms with van der Waals surface area (Å²) < 4.78 is 11.8. The quantitative estimate of drug-likeness (QED) is 0.483. The van der Waals surface area contributed by atoms with E-state index in [4.69, 9.17) is 4.74 Å². The van der Waals surface area contributed by atoms with Crippen LogP contribution in [0.15, 0.2) is 17.0 Å². The van der Waals surface area contributed by atoms with Gasteiger partial charge in [0, 0.05) is 32.0 Å². The highest BCUT2D eigenvalue weighted by Gasteiger charge is 2.22. The molecule has 0 radical (unpaired) electrons. The van der Waals surface area contributed by atoms with E-state index in [1.165, 1.54) is 6.20 Å². The fraction of sp³-hybridized carbons (Fsp3) is 0.474. The maximum absolute atomic E-state index is 12.9. The van der Waals surface area contributed by atoms with Crippen LogP contribution in [-0.4, -0.2) is 56.1 Å². The molecule has 4 rings (SSSR count). The van der Waals surface area contributed by atoms with E-state index in [2.05, 4.69) is 41.2 Å². The number of anilines is 1. The summed E-state index contributed by atoms with van der Waals surface area (Å²) in [6.07, 6.45) is 4.78. The zero-order chi connectivity index (χ0) is 21.8. The lowest BCUT2D eigenvalue weighted by molar-refractivity contribution is -0.121. The van der Waals surface area contributed by atoms with Crippen LogP contribution in [0.3, 0.4) is 0 Å². The first-order valence-corrected chi connectivity index (χ1v) is 10.1. The molecule has 3 aromatic heterocycles. The number of hydrogen-bond acceptors (Lipinski definition) is 9. The standard InChI is InChI=1S/C19H24N8O4/c1-3-27-18-13(10-21-27)17(22-12-4-6-30-7-5-12)14(9-20-18)19(29)24-23-16(28)8-15-11(2)25-31-26-15/h9-10,12H,3-8H2,1-2H3,(H,20,22)(H,23,28)(H,24,29). The number of hydrazine groups is 1. The molecule has 12 heteroatoms. The number of carbonyl (C=O) groups is 2. The zero-order valence-electron chi connectivity index (χ0n) is 17.3. The van der Waals surface area contributed by atoms with Gasteiger partial charge >= 0.3 is 0 Å². The highest BCUT2D eigenvalue weighted by molar-refractivity contribution is 6.06. The smallest absolute Gasteiger partial charge is 0.273 e. The van der Waals surface area contributed by atoms with Gasteiger partial charge in [-0.3, -0.25) is 20.4 Å². The number of aryl methyl sites for hydroxylation is 2. The third kappa shape index (κ3) is 4.48. The van der Waals surface area contributed by atoms with Crippen molar-refractivity contribution in [2.75, 3.05) is 18.5 Å². The number of rotatable bonds is 6. The molecule has 12 nitrogen and oxygen atoms in total. The Morgan fingerprint density at radius 3 is 2.71 bits per heavy atom. The number of nitrogens with one attached hydrogen (secondary N) is 3. The van der Waals surface area contributed by atoms with Crippen LogP contribution in [0.1, 0.15) is 41.5 Å². The Hall–Kier alpha value is -3.54. The van der Waals surface area contributed by atoms with Crippen molar-refractivity contribution < 1.29 is 19.0 Å². The zero-order valence-corrected chi connectivity index (χ0v) is 17.3. The third-order valence-electron chi connectivity index (χ3n) is 5.17. The monoisotopic (exact) mass is 428 g/mol. The second-order valence-corrected chi connectivity index (χ2v) is 7.25. The van der Waals surface area contributed by atoms with Crippen molar-refractivity contribution in [3.63, 3.8) is 0 Å². The minimum atomic E-state index is -0.489. The largest absolute Gasteiger partial charge is 0.381 e. The number of carbonyl (C=O) groups excluding carboxylic acids is 2. The SMILES string of the molecule is CCn1ncc2c(NC3CCOCC3)c(C(=O)NNC(=O)Cc3nonc3C)cnc21. The molecule has 3 N–H and O–H groups in total. The van der Waals surface area contributed by atoms with E-state index in [0.717, 1.165) is 18.2 Å². The molecule has 3 aromatic rings. The fourth-order valence-corrected chi connectivity index (χ4v) is 3.43. The van der Waals surface area contributed by atoms with Crippen molar-refractivity contribution in [3.05, 3.63) is 29.3 Å². The first-order chi connectivity index (χ1) is 15.1. The molecule has 31 heavy (non-hydrogen) atoms. The van der Waals surface area contributed by atoms with E-state index < -0.39 is 11.8 Å². The van der Waals surface area contributed by atoms with Gasteiger partial charge in [-0.2, -0.15) is 5.10 Å². The second-order valence-electron chi connectivity index (χ2n) is 7.25. The summed E-state index contributed by atoms with van der Waals surface area (Å²) in [6, 6.07) is 0.160. The number of aromatic nitrogens is 5. The van der Waals surface area contributed by atoms with Gasteiger partial charge in [0.1, 0.15) is 11.4 Å². The number of amides is 2. The molecular weight excluding hydrogens is 404 g/mol. The first-order valence-electron chi connectivity index (χ1n) is 10.1. The van der Waals surface area contributed by atoms with E-state index in [9.17, 15) is 9.59 Å². The Balaban J connectivity index is 1.53. The van der Waals surface area contributed by atoms with Crippen molar-refractivity contribution in [1.82, 2.24) is 35.9 Å². The summed E-state index contributed by atoms with van der Waals surface area (Å²) in [5.74, 6) is -0.935. The number of hydrogen-bond donors (Lipinski definition) is 3. The molecule has 1 fully saturated rings. The van der Waals surface area contributed by atoms with Gasteiger partial charge in [-0.25, -0.2) is 14.3 Å². The van der Waals surface area contributed by atoms with E-state index >= 15 is 0 Å². The van der Waals surface area contributed by atoms with Crippen LogP contribution in [0, 0.1) is 6.92 Å². The van der Waals surface area contributed by atoms with Gasteiger partial charge in [0.15, 0.2) is 5.65 Å². The van der Waals surface area contributed by atoms with Crippen LogP contribution in [-0.2, 0) is 22.5 Å². The molecular formula is C19H24N8O4. The van der Waals surface area contributed by atoms with Crippen molar-refractivity contribution in [2.24, 2.45) is 0 Å². The average Bonchev–Trinajstić information content (AvgIpc) is 3.39. The average molecular weight is 428 g/mol. The number of pyridine rings is 1. The van der Waals surface area contributed by atoms with Crippen molar-refractivity contribution in [3.8, 4) is 0 Å². The van der Waals surface area contributed by atoms with Gasteiger partial charge in [-0.05, 0) is 26.7 Å². The van der Waals surface area contributed by atoms with Gasteiger partial charge in [-0.15, -0.1) is 0 Å². The highest BCUT2D eigenvalue weighted by atomic mass is 16.6. The molecule has 0 saturated carbocycles. The molecule has 0 atom stereocenters. The van der Waals surface area contributed by atoms with Crippen LogP contribution in [0.25, 0.3) is 11.0 Å². The molecule has 1 saturated heterocycles. The summed E-state index contributed by atoms with van der Waals surface area (Å²) in [5.41, 5.74) is 7.41. The minimum Gasteiger partial charge on any atom is -0.381 e. The Bertz CT molecular complexity index is 1090. The molecule has 0 aromatic carbocycles. The third-order valence-corrected chi connectivity index (χ3v) is 5.17. The topological polar surface area (TPSA) is 149 Å².